The molecule has 0 aliphatic carbocycles. The number of hydrogen-bond donors (Lipinski definition) is 1. The fourth-order valence-electron chi connectivity index (χ4n) is 2.96. The Balaban J connectivity index is 1.55. The number of thiazole rings is 1. The maximum absolute atomic E-state index is 12.4. The summed E-state index contributed by atoms with van der Waals surface area (Å²) in [6.45, 7) is 2.94. The number of H-pyrrole nitrogens is 1. The highest BCUT2D eigenvalue weighted by Crippen LogP contribution is 2.23. The van der Waals surface area contributed by atoms with Crippen LogP contribution in [0.15, 0.2) is 24.3 Å². The maximum atomic E-state index is 12.4. The van der Waals surface area contributed by atoms with E-state index >= 15 is 0 Å². The molecule has 146 valence electrons. The average molecular weight is 400 g/mol. The normalized spacial score (nSPS) is 10.8. The SMILES string of the molecule is COC(=O)c1c(C)[nH]c(C(=O)COC(=O)CCc2nc3ccccc3s2)c1C. The van der Waals surface area contributed by atoms with Crippen LogP contribution in [0.5, 0.6) is 0 Å². The molecule has 0 fully saturated rings. The summed E-state index contributed by atoms with van der Waals surface area (Å²) < 4.78 is 10.9. The van der Waals surface area contributed by atoms with E-state index in [1.165, 1.54) is 18.4 Å². The van der Waals surface area contributed by atoms with Gasteiger partial charge in [-0.3, -0.25) is 9.59 Å². The van der Waals surface area contributed by atoms with Crippen LogP contribution in [0.3, 0.4) is 0 Å². The molecule has 0 amide bonds. The number of hydrogen-bond acceptors (Lipinski definition) is 7. The van der Waals surface area contributed by atoms with E-state index in [-0.39, 0.29) is 18.7 Å². The number of aromatic amines is 1. The van der Waals surface area contributed by atoms with Crippen molar-refractivity contribution >= 4 is 39.3 Å². The molecule has 0 aliphatic rings. The number of aryl methyl sites for hydroxylation is 2. The van der Waals surface area contributed by atoms with Crippen molar-refractivity contribution in [2.24, 2.45) is 0 Å². The van der Waals surface area contributed by atoms with E-state index in [2.05, 4.69) is 9.97 Å². The Morgan fingerprint density at radius 2 is 1.93 bits per heavy atom. The number of aromatic nitrogens is 2. The zero-order valence-corrected chi connectivity index (χ0v) is 16.6. The molecule has 0 radical (unpaired) electrons. The molecule has 3 aromatic rings. The van der Waals surface area contributed by atoms with E-state index in [1.54, 1.807) is 13.8 Å². The van der Waals surface area contributed by atoms with Crippen LogP contribution in [0, 0.1) is 13.8 Å². The lowest BCUT2D eigenvalue weighted by Crippen LogP contribution is -2.16. The monoisotopic (exact) mass is 400 g/mol. The van der Waals surface area contributed by atoms with Gasteiger partial charge in [-0.25, -0.2) is 9.78 Å². The predicted molar refractivity (Wildman–Crippen MR) is 105 cm³/mol. The molecular formula is C20H20N2O5S. The van der Waals surface area contributed by atoms with Crippen LogP contribution in [0.1, 0.15) is 43.5 Å². The summed E-state index contributed by atoms with van der Waals surface area (Å²) in [6.07, 6.45) is 0.600. The van der Waals surface area contributed by atoms with Gasteiger partial charge in [-0.2, -0.15) is 0 Å². The van der Waals surface area contributed by atoms with Crippen molar-refractivity contribution in [2.75, 3.05) is 13.7 Å². The minimum atomic E-state index is -0.516. The number of nitrogens with zero attached hydrogens (tertiary/aromatic N) is 1. The molecule has 0 saturated heterocycles. The van der Waals surface area contributed by atoms with Gasteiger partial charge in [0.25, 0.3) is 0 Å². The van der Waals surface area contributed by atoms with Crippen LogP contribution < -0.4 is 0 Å². The van der Waals surface area contributed by atoms with Crippen molar-refractivity contribution in [3.63, 3.8) is 0 Å². The van der Waals surface area contributed by atoms with E-state index in [9.17, 15) is 14.4 Å². The number of nitrogens with one attached hydrogen (secondary N) is 1. The number of rotatable bonds is 7. The van der Waals surface area contributed by atoms with E-state index in [4.69, 9.17) is 9.47 Å². The molecule has 0 spiro atoms. The Bertz CT molecular complexity index is 1020. The number of Topliss-reactive ketones (excluding diaryl/α,β-unsaturated/α-hetero) is 1. The summed E-state index contributed by atoms with van der Waals surface area (Å²) in [5, 5.41) is 0.850. The first-order valence-electron chi connectivity index (χ1n) is 8.71. The third-order valence-corrected chi connectivity index (χ3v) is 5.45. The number of methoxy groups -OCH3 is 1. The fourth-order valence-corrected chi connectivity index (χ4v) is 3.93. The topological polar surface area (TPSA) is 98.4 Å². The zero-order chi connectivity index (χ0) is 20.3. The molecule has 1 aromatic carbocycles. The largest absolute Gasteiger partial charge is 0.465 e. The van der Waals surface area contributed by atoms with E-state index in [0.29, 0.717) is 23.2 Å². The second kappa shape index (κ2) is 8.35. The molecule has 7 nitrogen and oxygen atoms in total. The Kier molecular flexibility index (Phi) is 5.89. The first-order chi connectivity index (χ1) is 13.4. The van der Waals surface area contributed by atoms with Crippen LogP contribution in [0.2, 0.25) is 0 Å². The summed E-state index contributed by atoms with van der Waals surface area (Å²) in [5.74, 6) is -1.39. The van der Waals surface area contributed by atoms with Crippen molar-refractivity contribution < 1.29 is 23.9 Å². The first-order valence-corrected chi connectivity index (χ1v) is 9.53. The van der Waals surface area contributed by atoms with Gasteiger partial charge in [0.2, 0.25) is 5.78 Å². The van der Waals surface area contributed by atoms with Crippen LogP contribution in [-0.2, 0) is 20.7 Å². The van der Waals surface area contributed by atoms with Crippen LogP contribution in [0.25, 0.3) is 10.2 Å². The number of esters is 2. The standard InChI is InChI=1S/C20H20N2O5S/c1-11-18(20(25)26-3)12(2)21-19(11)14(23)10-27-17(24)9-8-16-22-13-6-4-5-7-15(13)28-16/h4-7,21H,8-10H2,1-3H3. The molecule has 0 atom stereocenters. The third-order valence-electron chi connectivity index (χ3n) is 4.35. The van der Waals surface area contributed by atoms with Crippen molar-refractivity contribution in [1.82, 2.24) is 9.97 Å². The van der Waals surface area contributed by atoms with E-state index in [0.717, 1.165) is 15.2 Å². The summed E-state index contributed by atoms with van der Waals surface area (Å²) in [5.41, 5.74) is 2.50. The summed E-state index contributed by atoms with van der Waals surface area (Å²) in [6, 6.07) is 7.77. The molecule has 1 N–H and O–H groups in total. The van der Waals surface area contributed by atoms with Gasteiger partial charge in [0.1, 0.15) is 0 Å². The van der Waals surface area contributed by atoms with Crippen LogP contribution in [-0.4, -0.2) is 41.4 Å². The van der Waals surface area contributed by atoms with Crippen LogP contribution >= 0.6 is 11.3 Å². The number of carbonyl (C=O) groups excluding carboxylic acids is 3. The van der Waals surface area contributed by atoms with Gasteiger partial charge in [-0.05, 0) is 31.5 Å². The lowest BCUT2D eigenvalue weighted by Gasteiger charge is -2.04. The van der Waals surface area contributed by atoms with Gasteiger partial charge < -0.3 is 14.5 Å². The van der Waals surface area contributed by atoms with E-state index in [1.807, 2.05) is 24.3 Å². The molecule has 0 saturated carbocycles. The number of para-hydroxylation sites is 1. The minimum absolute atomic E-state index is 0.142. The summed E-state index contributed by atoms with van der Waals surface area (Å²) in [7, 11) is 1.28. The quantitative estimate of drug-likeness (QED) is 0.482. The number of ether oxygens (including phenoxy) is 2. The van der Waals surface area contributed by atoms with Gasteiger partial charge in [-0.15, -0.1) is 11.3 Å². The molecule has 2 aromatic heterocycles. The Labute approximate surface area is 165 Å². The smallest absolute Gasteiger partial charge is 0.339 e. The minimum Gasteiger partial charge on any atom is -0.465 e. The molecule has 28 heavy (non-hydrogen) atoms. The average Bonchev–Trinajstić information content (AvgIpc) is 3.24. The number of fused-ring (bicyclic) bond motifs is 1. The van der Waals surface area contributed by atoms with E-state index < -0.39 is 17.7 Å². The second-order valence-corrected chi connectivity index (χ2v) is 7.39. The lowest BCUT2D eigenvalue weighted by molar-refractivity contribution is -0.142. The highest BCUT2D eigenvalue weighted by Gasteiger charge is 2.23. The number of ketones is 1. The fraction of sp³-hybridized carbons (Fsp3) is 0.300. The Morgan fingerprint density at radius 1 is 1.18 bits per heavy atom. The van der Waals surface area contributed by atoms with Gasteiger partial charge in [0.15, 0.2) is 6.61 Å². The van der Waals surface area contributed by atoms with Crippen LogP contribution in [0.4, 0.5) is 0 Å². The Morgan fingerprint density at radius 3 is 2.64 bits per heavy atom. The second-order valence-electron chi connectivity index (χ2n) is 6.28. The van der Waals surface area contributed by atoms with Gasteiger partial charge >= 0.3 is 11.9 Å². The predicted octanol–water partition coefficient (Wildman–Crippen LogP) is 3.39. The molecule has 0 unspecified atom stereocenters. The Hall–Kier alpha value is -3.00. The summed E-state index contributed by atoms with van der Waals surface area (Å²) >= 11 is 1.54. The van der Waals surface area contributed by atoms with Crippen molar-refractivity contribution in [3.8, 4) is 0 Å². The first kappa shape index (κ1) is 19.8. The van der Waals surface area contributed by atoms with Gasteiger partial charge in [0.05, 0.1) is 40.0 Å². The highest BCUT2D eigenvalue weighted by molar-refractivity contribution is 7.18. The maximum Gasteiger partial charge on any atom is 0.339 e. The molecule has 0 aliphatic heterocycles. The molecule has 3 rings (SSSR count). The molecule has 8 heteroatoms. The highest BCUT2D eigenvalue weighted by atomic mass is 32.1. The number of benzene rings is 1. The lowest BCUT2D eigenvalue weighted by atomic mass is 10.1. The number of carbonyl (C=O) groups is 3. The molecule has 2 heterocycles. The van der Waals surface area contributed by atoms with Crippen molar-refractivity contribution in [2.45, 2.75) is 26.7 Å². The van der Waals surface area contributed by atoms with Crippen molar-refractivity contribution in [3.05, 3.63) is 51.8 Å². The van der Waals surface area contributed by atoms with Crippen molar-refractivity contribution in [1.29, 1.82) is 0 Å². The summed E-state index contributed by atoms with van der Waals surface area (Å²) in [4.78, 5) is 43.5. The molecular weight excluding hydrogens is 380 g/mol. The van der Waals surface area contributed by atoms with Gasteiger partial charge in [-0.1, -0.05) is 12.1 Å². The third kappa shape index (κ3) is 4.12. The zero-order valence-electron chi connectivity index (χ0n) is 15.8. The van der Waals surface area contributed by atoms with Gasteiger partial charge in [0, 0.05) is 12.1 Å². The molecule has 0 bridgehead atoms.